The first-order valence-corrected chi connectivity index (χ1v) is 14.9. The van der Waals surface area contributed by atoms with Crippen LogP contribution in [0.1, 0.15) is 73.4 Å². The van der Waals surface area contributed by atoms with Crippen LogP contribution in [0.2, 0.25) is 5.02 Å². The second kappa shape index (κ2) is 13.0. The number of fused-ring (bicyclic) bond motifs is 1. The van der Waals surface area contributed by atoms with Crippen LogP contribution >= 0.6 is 11.6 Å². The number of amides is 2. The van der Waals surface area contributed by atoms with Gasteiger partial charge < -0.3 is 19.9 Å². The van der Waals surface area contributed by atoms with Gasteiger partial charge in [-0.15, -0.1) is 0 Å². The zero-order valence-corrected chi connectivity index (χ0v) is 23.7. The summed E-state index contributed by atoms with van der Waals surface area (Å²) in [5.41, 5.74) is 2.52. The Balaban J connectivity index is 1.19. The number of halogens is 1. The van der Waals surface area contributed by atoms with Crippen molar-refractivity contribution < 1.29 is 14.3 Å². The predicted octanol–water partition coefficient (Wildman–Crippen LogP) is 5.90. The fraction of sp³-hybridized carbons (Fsp3) is 0.500. The maximum atomic E-state index is 13.5. The predicted molar refractivity (Wildman–Crippen MR) is 155 cm³/mol. The number of nitrogens with one attached hydrogen (secondary N) is 1. The lowest BCUT2D eigenvalue weighted by Gasteiger charge is -2.44. The zero-order valence-electron chi connectivity index (χ0n) is 22.9. The van der Waals surface area contributed by atoms with Crippen LogP contribution < -0.4 is 5.32 Å². The van der Waals surface area contributed by atoms with E-state index in [1.54, 1.807) is 0 Å². The molecule has 0 radical (unpaired) electrons. The number of carbonyl (C=O) groups is 2. The molecule has 2 unspecified atom stereocenters. The standard InChI is InChI=1S/C32H40ClN3O3/c1-23-15-19-35(20-16-23)18-4-17-34-31(37)26-11-7-24(8-12-26)21-30-32(38)36(22-25-9-13-27(33)14-10-25)28-5-2-3-6-29(28)39-30/h7-14,21,23,28-29H,2-6,15-20,22H2,1H3,(H,34,37)/b30-21-. The first-order chi connectivity index (χ1) is 19.0. The highest BCUT2D eigenvalue weighted by Crippen LogP contribution is 2.34. The molecule has 0 aromatic heterocycles. The number of hydrogen-bond acceptors (Lipinski definition) is 4. The van der Waals surface area contributed by atoms with E-state index in [1.165, 1.54) is 25.9 Å². The Morgan fingerprint density at radius 1 is 1.03 bits per heavy atom. The number of hydrogen-bond donors (Lipinski definition) is 1. The Labute approximate surface area is 237 Å². The monoisotopic (exact) mass is 549 g/mol. The van der Waals surface area contributed by atoms with E-state index in [9.17, 15) is 9.59 Å². The molecule has 2 aliphatic heterocycles. The summed E-state index contributed by atoms with van der Waals surface area (Å²) in [4.78, 5) is 30.7. The van der Waals surface area contributed by atoms with E-state index in [2.05, 4.69) is 17.1 Å². The van der Waals surface area contributed by atoms with Gasteiger partial charge >= 0.3 is 0 Å². The second-order valence-corrected chi connectivity index (χ2v) is 11.8. The molecule has 1 N–H and O–H groups in total. The van der Waals surface area contributed by atoms with Gasteiger partial charge in [0, 0.05) is 23.7 Å². The summed E-state index contributed by atoms with van der Waals surface area (Å²) in [5, 5.41) is 3.73. The number of benzene rings is 2. The molecule has 3 aliphatic rings. The molecule has 2 aromatic carbocycles. The van der Waals surface area contributed by atoms with Gasteiger partial charge in [-0.05, 0) is 106 Å². The van der Waals surface area contributed by atoms with E-state index in [4.69, 9.17) is 16.3 Å². The number of ether oxygens (including phenoxy) is 1. The third-order valence-electron chi connectivity index (χ3n) is 8.37. The maximum absolute atomic E-state index is 13.5. The van der Waals surface area contributed by atoms with Crippen LogP contribution in [0.15, 0.2) is 54.3 Å². The summed E-state index contributed by atoms with van der Waals surface area (Å²) >= 11 is 6.07. The highest BCUT2D eigenvalue weighted by atomic mass is 35.5. The van der Waals surface area contributed by atoms with Crippen LogP contribution in [-0.4, -0.2) is 59.9 Å². The van der Waals surface area contributed by atoms with Crippen molar-refractivity contribution in [3.63, 3.8) is 0 Å². The molecule has 0 spiro atoms. The Morgan fingerprint density at radius 2 is 1.74 bits per heavy atom. The Bertz CT molecular complexity index is 1160. The van der Waals surface area contributed by atoms with Gasteiger partial charge in [-0.25, -0.2) is 0 Å². The SMILES string of the molecule is CC1CCN(CCCNC(=O)c2ccc(/C=C3\OC4CCCCC4N(Cc4ccc(Cl)cc4)C3=O)cc2)CC1. The first-order valence-electron chi connectivity index (χ1n) is 14.5. The molecule has 39 heavy (non-hydrogen) atoms. The molecule has 2 aromatic rings. The maximum Gasteiger partial charge on any atom is 0.289 e. The molecule has 1 saturated carbocycles. The van der Waals surface area contributed by atoms with Crippen LogP contribution in [0, 0.1) is 5.92 Å². The number of piperidine rings is 1. The molecule has 2 atom stereocenters. The van der Waals surface area contributed by atoms with Crippen molar-refractivity contribution in [2.45, 2.75) is 70.6 Å². The number of carbonyl (C=O) groups excluding carboxylic acids is 2. The van der Waals surface area contributed by atoms with E-state index in [0.29, 0.717) is 29.4 Å². The van der Waals surface area contributed by atoms with E-state index < -0.39 is 0 Å². The molecule has 5 rings (SSSR count). The van der Waals surface area contributed by atoms with Crippen LogP contribution in [-0.2, 0) is 16.1 Å². The summed E-state index contributed by atoms with van der Waals surface area (Å²) in [6.45, 7) is 6.89. The van der Waals surface area contributed by atoms with E-state index in [1.807, 2.05) is 59.5 Å². The van der Waals surface area contributed by atoms with E-state index in [0.717, 1.165) is 55.7 Å². The number of nitrogens with zero attached hydrogens (tertiary/aromatic N) is 2. The minimum Gasteiger partial charge on any atom is -0.482 e. The van der Waals surface area contributed by atoms with Crippen LogP contribution in [0.25, 0.3) is 6.08 Å². The summed E-state index contributed by atoms with van der Waals surface area (Å²) in [5.74, 6) is 1.06. The van der Waals surface area contributed by atoms with Crippen molar-refractivity contribution in [3.05, 3.63) is 76.0 Å². The van der Waals surface area contributed by atoms with Gasteiger partial charge in [0.1, 0.15) is 6.10 Å². The topological polar surface area (TPSA) is 61.9 Å². The smallest absolute Gasteiger partial charge is 0.289 e. The third-order valence-corrected chi connectivity index (χ3v) is 8.62. The average molecular weight is 550 g/mol. The molecule has 2 saturated heterocycles. The lowest BCUT2D eigenvalue weighted by molar-refractivity contribution is -0.149. The van der Waals surface area contributed by atoms with Crippen molar-refractivity contribution in [2.24, 2.45) is 5.92 Å². The lowest BCUT2D eigenvalue weighted by atomic mass is 9.89. The normalized spacial score (nSPS) is 23.4. The van der Waals surface area contributed by atoms with Gasteiger partial charge in [0.2, 0.25) is 0 Å². The largest absolute Gasteiger partial charge is 0.482 e. The Hall–Kier alpha value is -2.83. The minimum absolute atomic E-state index is 0.00777. The van der Waals surface area contributed by atoms with Crippen LogP contribution in [0.3, 0.4) is 0 Å². The van der Waals surface area contributed by atoms with Gasteiger partial charge in [0.15, 0.2) is 5.76 Å². The summed E-state index contributed by atoms with van der Waals surface area (Å²) < 4.78 is 6.26. The molecular weight excluding hydrogens is 510 g/mol. The molecule has 3 fully saturated rings. The second-order valence-electron chi connectivity index (χ2n) is 11.3. The van der Waals surface area contributed by atoms with Crippen molar-refractivity contribution in [3.8, 4) is 0 Å². The minimum atomic E-state index is -0.0851. The van der Waals surface area contributed by atoms with Crippen molar-refractivity contribution in [2.75, 3.05) is 26.2 Å². The molecular formula is C32H40ClN3O3. The fourth-order valence-corrected chi connectivity index (χ4v) is 6.05. The highest BCUT2D eigenvalue weighted by molar-refractivity contribution is 6.30. The summed E-state index contributed by atoms with van der Waals surface area (Å²) in [7, 11) is 0. The quantitative estimate of drug-likeness (QED) is 0.329. The summed E-state index contributed by atoms with van der Waals surface area (Å²) in [6.07, 6.45) is 9.43. The number of morpholine rings is 1. The lowest BCUT2D eigenvalue weighted by Crippen LogP contribution is -2.54. The molecule has 6 nitrogen and oxygen atoms in total. The summed E-state index contributed by atoms with van der Waals surface area (Å²) in [6, 6.07) is 15.2. The van der Waals surface area contributed by atoms with Gasteiger partial charge in [0.05, 0.1) is 6.04 Å². The Kier molecular flexibility index (Phi) is 9.25. The van der Waals surface area contributed by atoms with Crippen LogP contribution in [0.5, 0.6) is 0 Å². The van der Waals surface area contributed by atoms with Crippen molar-refractivity contribution in [1.82, 2.24) is 15.1 Å². The average Bonchev–Trinajstić information content (AvgIpc) is 2.95. The van der Waals surface area contributed by atoms with Crippen molar-refractivity contribution >= 4 is 29.5 Å². The van der Waals surface area contributed by atoms with Crippen LogP contribution in [0.4, 0.5) is 0 Å². The van der Waals surface area contributed by atoms with E-state index in [-0.39, 0.29) is 24.0 Å². The Morgan fingerprint density at radius 3 is 2.49 bits per heavy atom. The van der Waals surface area contributed by atoms with Crippen molar-refractivity contribution in [1.29, 1.82) is 0 Å². The van der Waals surface area contributed by atoms with Gasteiger partial charge in [-0.1, -0.05) is 49.2 Å². The number of rotatable bonds is 8. The molecule has 1 aliphatic carbocycles. The highest BCUT2D eigenvalue weighted by Gasteiger charge is 2.41. The first kappa shape index (κ1) is 27.7. The van der Waals surface area contributed by atoms with Gasteiger partial charge in [-0.2, -0.15) is 0 Å². The number of likely N-dealkylation sites (tertiary alicyclic amines) is 1. The van der Waals surface area contributed by atoms with Gasteiger partial charge in [-0.3, -0.25) is 9.59 Å². The molecule has 2 amide bonds. The molecule has 0 bridgehead atoms. The van der Waals surface area contributed by atoms with E-state index >= 15 is 0 Å². The third kappa shape index (κ3) is 7.23. The molecule has 2 heterocycles. The van der Waals surface area contributed by atoms with Gasteiger partial charge in [0.25, 0.3) is 11.8 Å². The zero-order chi connectivity index (χ0) is 27.2. The molecule has 208 valence electrons. The fourth-order valence-electron chi connectivity index (χ4n) is 5.92. The molecule has 7 heteroatoms.